The number of rotatable bonds is 5. The van der Waals surface area contributed by atoms with Gasteiger partial charge in [0.2, 0.25) is 0 Å². The molecule has 56 heavy (non-hydrogen) atoms. The molecule has 0 fully saturated rings. The van der Waals surface area contributed by atoms with Crippen molar-refractivity contribution in [3.8, 4) is 16.8 Å². The predicted octanol–water partition coefficient (Wildman–Crippen LogP) is 10.7. The molecule has 1 aromatic heterocycles. The third-order valence-electron chi connectivity index (χ3n) is 12.6. The molecule has 0 spiro atoms. The number of nitrogens with one attached hydrogen (secondary N) is 1. The molecule has 0 saturated carbocycles. The van der Waals surface area contributed by atoms with Crippen LogP contribution in [-0.4, -0.2) is 28.7 Å². The third kappa shape index (κ3) is 4.83. The van der Waals surface area contributed by atoms with Crippen LogP contribution >= 0.6 is 0 Å². The largest absolute Gasteiger partial charge is 0.487 e. The summed E-state index contributed by atoms with van der Waals surface area (Å²) >= 11 is 0. The minimum Gasteiger partial charge on any atom is -0.487 e. The number of benzene rings is 5. The van der Waals surface area contributed by atoms with Gasteiger partial charge in [-0.05, 0) is 76.6 Å². The van der Waals surface area contributed by atoms with E-state index in [2.05, 4.69) is 185 Å². The molecule has 5 heteroatoms. The van der Waals surface area contributed by atoms with E-state index in [9.17, 15) is 0 Å². The monoisotopic (exact) mass is 724 g/mol. The molecule has 3 aliphatic heterocycles. The van der Waals surface area contributed by atoms with Gasteiger partial charge in [0.05, 0.1) is 23.2 Å². The van der Waals surface area contributed by atoms with Crippen LogP contribution in [0, 0.1) is 5.92 Å². The summed E-state index contributed by atoms with van der Waals surface area (Å²) in [5, 5.41) is 5.07. The molecule has 3 aliphatic carbocycles. The van der Waals surface area contributed by atoms with Crippen molar-refractivity contribution in [1.82, 2.24) is 9.88 Å². The number of aromatic nitrogens is 1. The number of anilines is 1. The highest BCUT2D eigenvalue weighted by atomic mass is 16.5. The van der Waals surface area contributed by atoms with E-state index in [1.54, 1.807) is 0 Å². The molecule has 5 nitrogen and oxygen atoms in total. The van der Waals surface area contributed by atoms with Crippen LogP contribution in [0.5, 0.6) is 0 Å². The molecular formula is C51H40N4O. The van der Waals surface area contributed by atoms with Gasteiger partial charge in [-0.2, -0.15) is 0 Å². The molecule has 12 rings (SSSR count). The van der Waals surface area contributed by atoms with E-state index < -0.39 is 0 Å². The summed E-state index contributed by atoms with van der Waals surface area (Å²) in [6.07, 6.45) is 19.4. The number of aryl methyl sites for hydroxylation is 1. The Bertz CT molecular complexity index is 2770. The molecular weight excluding hydrogens is 685 g/mol. The molecule has 5 atom stereocenters. The molecule has 6 aromatic rings. The Balaban J connectivity index is 0.955. The van der Waals surface area contributed by atoms with Crippen molar-refractivity contribution >= 4 is 34.1 Å². The van der Waals surface area contributed by atoms with Crippen LogP contribution in [0.25, 0.3) is 39.4 Å². The first-order chi connectivity index (χ1) is 27.8. The van der Waals surface area contributed by atoms with Gasteiger partial charge in [0.15, 0.2) is 11.9 Å². The highest BCUT2D eigenvalue weighted by molar-refractivity contribution is 6.01. The lowest BCUT2D eigenvalue weighted by atomic mass is 9.86. The van der Waals surface area contributed by atoms with Crippen LogP contribution in [-0.2, 0) is 11.2 Å². The average Bonchev–Trinajstić information content (AvgIpc) is 4.03. The number of hydrogen-bond donors (Lipinski definition) is 1. The lowest BCUT2D eigenvalue weighted by Crippen LogP contribution is -2.46. The summed E-state index contributed by atoms with van der Waals surface area (Å²) < 4.78 is 9.28. The number of aliphatic imine (C=N–C) groups is 1. The number of allylic oxidation sites excluding steroid dienone is 3. The van der Waals surface area contributed by atoms with E-state index in [1.807, 2.05) is 0 Å². The quantitative estimate of drug-likeness (QED) is 0.180. The van der Waals surface area contributed by atoms with E-state index in [-0.39, 0.29) is 30.1 Å². The fraction of sp³-hybridized carbons (Fsp3) is 0.157. The maximum atomic E-state index is 6.80. The van der Waals surface area contributed by atoms with Gasteiger partial charge in [-0.15, -0.1) is 0 Å². The van der Waals surface area contributed by atoms with E-state index >= 15 is 0 Å². The van der Waals surface area contributed by atoms with Crippen LogP contribution in [0.2, 0.25) is 0 Å². The molecule has 5 aromatic carbocycles. The zero-order chi connectivity index (χ0) is 36.7. The summed E-state index contributed by atoms with van der Waals surface area (Å²) in [5.41, 5.74) is 14.9. The Hall–Kier alpha value is -6.59. The lowest BCUT2D eigenvalue weighted by Gasteiger charge is -2.37. The van der Waals surface area contributed by atoms with Gasteiger partial charge in [0, 0.05) is 40.4 Å². The Morgan fingerprint density at radius 3 is 2.41 bits per heavy atom. The summed E-state index contributed by atoms with van der Waals surface area (Å²) in [5.74, 6) is 2.25. The van der Waals surface area contributed by atoms with Crippen LogP contribution < -0.4 is 10.2 Å². The van der Waals surface area contributed by atoms with Crippen molar-refractivity contribution < 1.29 is 4.74 Å². The zero-order valence-corrected chi connectivity index (χ0v) is 30.9. The molecule has 0 amide bonds. The summed E-state index contributed by atoms with van der Waals surface area (Å²) in [6, 6.07) is 46.3. The maximum Gasteiger partial charge on any atom is 0.184 e. The van der Waals surface area contributed by atoms with E-state index in [4.69, 9.17) is 9.73 Å². The minimum absolute atomic E-state index is 0.0964. The van der Waals surface area contributed by atoms with Crippen LogP contribution in [0.4, 0.5) is 5.69 Å². The summed E-state index contributed by atoms with van der Waals surface area (Å²) in [7, 11) is 0. The number of ether oxygens (including phenoxy) is 1. The topological polar surface area (TPSA) is 41.8 Å². The highest BCUT2D eigenvalue weighted by Gasteiger charge is 2.49. The molecule has 6 aliphatic rings. The minimum atomic E-state index is -0.276. The first-order valence-corrected chi connectivity index (χ1v) is 20.0. The normalized spacial score (nSPS) is 23.9. The Morgan fingerprint density at radius 2 is 1.52 bits per heavy atom. The van der Waals surface area contributed by atoms with Gasteiger partial charge >= 0.3 is 0 Å². The Morgan fingerprint density at radius 1 is 0.696 bits per heavy atom. The van der Waals surface area contributed by atoms with E-state index in [1.165, 1.54) is 61.4 Å². The lowest BCUT2D eigenvalue weighted by molar-refractivity contribution is 0.122. The van der Waals surface area contributed by atoms with Gasteiger partial charge in [-0.25, -0.2) is 4.99 Å². The SMILES string of the molecule is C1=Cc2c(c3ccc(C4=CC5c6ccccc6N(C6N=C(c7ccccc7)NC7=C6OC6CC=CC76)C5C=C4)cc3n2-c2cccc(-c3ccccc3)c2)CC1. The fourth-order valence-corrected chi connectivity index (χ4v) is 10.1. The first-order valence-electron chi connectivity index (χ1n) is 20.0. The van der Waals surface area contributed by atoms with Crippen LogP contribution in [0.1, 0.15) is 46.7 Å². The smallest absolute Gasteiger partial charge is 0.184 e. The van der Waals surface area contributed by atoms with Crippen molar-refractivity contribution in [1.29, 1.82) is 0 Å². The molecule has 0 radical (unpaired) electrons. The standard InChI is InChI=1S/C51H40N4O/c1-3-13-32(14-4-1)34-17-11-18-37(29-34)54-43-22-9-7-19-38(43)40-27-25-36(31-46(40)54)35-26-28-45-42(30-35)39-20-8-10-23-44(39)55(45)51-49-48(41-21-12-24-47(41)56-49)52-50(53-51)33-15-5-2-6-16-33/h1-6,8-18,20-23,25-31,41-42,45,47,51H,7,19,24H2,(H,52,53). The van der Waals surface area contributed by atoms with Crippen molar-refractivity contribution in [2.24, 2.45) is 10.9 Å². The highest BCUT2D eigenvalue weighted by Crippen LogP contribution is 2.50. The zero-order valence-electron chi connectivity index (χ0n) is 30.9. The van der Waals surface area contributed by atoms with Crippen molar-refractivity contribution in [3.05, 3.63) is 203 Å². The molecule has 270 valence electrons. The summed E-state index contributed by atoms with van der Waals surface area (Å²) in [6.45, 7) is 0. The van der Waals surface area contributed by atoms with Gasteiger partial charge in [-0.3, -0.25) is 0 Å². The molecule has 0 saturated heterocycles. The van der Waals surface area contributed by atoms with E-state index in [0.29, 0.717) is 0 Å². The molecule has 5 unspecified atom stereocenters. The first kappa shape index (κ1) is 31.7. The molecule has 1 N–H and O–H groups in total. The second kappa shape index (κ2) is 12.5. The van der Waals surface area contributed by atoms with E-state index in [0.717, 1.165) is 42.1 Å². The Labute approximate surface area is 327 Å². The average molecular weight is 725 g/mol. The number of fused-ring (bicyclic) bond motifs is 8. The number of para-hydroxylation sites is 1. The van der Waals surface area contributed by atoms with Crippen molar-refractivity contribution in [3.63, 3.8) is 0 Å². The van der Waals surface area contributed by atoms with Gasteiger partial charge < -0.3 is 19.5 Å². The second-order valence-electron chi connectivity index (χ2n) is 15.7. The number of hydrogen-bond acceptors (Lipinski definition) is 4. The Kier molecular flexibility index (Phi) is 7.07. The number of nitrogens with zero attached hydrogens (tertiary/aromatic N) is 3. The predicted molar refractivity (Wildman–Crippen MR) is 228 cm³/mol. The van der Waals surface area contributed by atoms with Gasteiger partial charge in [0.25, 0.3) is 0 Å². The van der Waals surface area contributed by atoms with Crippen LogP contribution in [0.15, 0.2) is 180 Å². The third-order valence-corrected chi connectivity index (χ3v) is 12.6. The fourth-order valence-electron chi connectivity index (χ4n) is 10.1. The molecule has 0 bridgehead atoms. The van der Waals surface area contributed by atoms with Crippen molar-refractivity contribution in [2.45, 2.75) is 43.5 Å². The maximum absolute atomic E-state index is 6.80. The number of amidine groups is 1. The second-order valence-corrected chi connectivity index (χ2v) is 15.7. The van der Waals surface area contributed by atoms with Gasteiger partial charge in [-0.1, -0.05) is 140 Å². The summed E-state index contributed by atoms with van der Waals surface area (Å²) in [4.78, 5) is 7.98. The molecule has 4 heterocycles. The van der Waals surface area contributed by atoms with Crippen molar-refractivity contribution in [2.75, 3.05) is 4.90 Å². The van der Waals surface area contributed by atoms with Gasteiger partial charge in [0.1, 0.15) is 11.9 Å². The van der Waals surface area contributed by atoms with Crippen LogP contribution in [0.3, 0.4) is 0 Å².